The molecule has 5 nitrogen and oxygen atoms in total. The van der Waals surface area contributed by atoms with E-state index in [9.17, 15) is 4.79 Å². The van der Waals surface area contributed by atoms with Gasteiger partial charge in [-0.15, -0.1) is 0 Å². The van der Waals surface area contributed by atoms with E-state index >= 15 is 0 Å². The van der Waals surface area contributed by atoms with Crippen LogP contribution in [0.2, 0.25) is 5.02 Å². The SMILES string of the molecule is N#Cc1ccc(-c2ccc(C=NNC(=O)c3cccc(Cl)c3)o2)cc1. The van der Waals surface area contributed by atoms with E-state index in [1.807, 2.05) is 0 Å². The fourth-order valence-electron chi connectivity index (χ4n) is 2.14. The highest BCUT2D eigenvalue weighted by atomic mass is 35.5. The van der Waals surface area contributed by atoms with Gasteiger partial charge in [-0.25, -0.2) is 5.43 Å². The zero-order chi connectivity index (χ0) is 17.6. The van der Waals surface area contributed by atoms with Crippen LogP contribution < -0.4 is 5.43 Å². The van der Waals surface area contributed by atoms with Gasteiger partial charge in [0.1, 0.15) is 11.5 Å². The molecule has 0 saturated heterocycles. The first kappa shape index (κ1) is 16.5. The number of halogens is 1. The zero-order valence-electron chi connectivity index (χ0n) is 12.9. The Morgan fingerprint density at radius 1 is 1.16 bits per heavy atom. The van der Waals surface area contributed by atoms with Gasteiger partial charge in [0.05, 0.1) is 17.8 Å². The van der Waals surface area contributed by atoms with Crippen molar-refractivity contribution in [3.63, 3.8) is 0 Å². The number of nitrogens with zero attached hydrogens (tertiary/aromatic N) is 2. The first-order valence-corrected chi connectivity index (χ1v) is 7.73. The largest absolute Gasteiger partial charge is 0.455 e. The highest BCUT2D eigenvalue weighted by molar-refractivity contribution is 6.30. The van der Waals surface area contributed by atoms with Crippen LogP contribution in [0, 0.1) is 11.3 Å². The molecule has 0 aliphatic carbocycles. The Kier molecular flexibility index (Phi) is 4.93. The zero-order valence-corrected chi connectivity index (χ0v) is 13.7. The number of amides is 1. The van der Waals surface area contributed by atoms with Gasteiger partial charge in [0.2, 0.25) is 0 Å². The Morgan fingerprint density at radius 3 is 2.68 bits per heavy atom. The third kappa shape index (κ3) is 4.14. The summed E-state index contributed by atoms with van der Waals surface area (Å²) in [6.07, 6.45) is 1.41. The molecule has 0 radical (unpaired) electrons. The van der Waals surface area contributed by atoms with Gasteiger partial charge in [-0.2, -0.15) is 10.4 Å². The molecule has 0 unspecified atom stereocenters. The summed E-state index contributed by atoms with van der Waals surface area (Å²) < 4.78 is 5.65. The smallest absolute Gasteiger partial charge is 0.271 e. The Hall–Kier alpha value is -3.36. The molecule has 25 heavy (non-hydrogen) atoms. The lowest BCUT2D eigenvalue weighted by atomic mass is 10.1. The van der Waals surface area contributed by atoms with Crippen molar-refractivity contribution in [3.05, 3.63) is 82.6 Å². The maximum atomic E-state index is 11.9. The molecule has 0 aliphatic rings. The number of furan rings is 1. The van der Waals surface area contributed by atoms with Crippen molar-refractivity contribution in [2.75, 3.05) is 0 Å². The van der Waals surface area contributed by atoms with E-state index in [1.165, 1.54) is 6.21 Å². The lowest BCUT2D eigenvalue weighted by Gasteiger charge is -1.99. The fraction of sp³-hybridized carbons (Fsp3) is 0. The van der Waals surface area contributed by atoms with Crippen LogP contribution in [0.1, 0.15) is 21.7 Å². The molecular formula is C19H12ClN3O2. The number of hydrazone groups is 1. The van der Waals surface area contributed by atoms with Crippen molar-refractivity contribution >= 4 is 23.7 Å². The average molecular weight is 350 g/mol. The summed E-state index contributed by atoms with van der Waals surface area (Å²) in [5.41, 5.74) is 4.27. The van der Waals surface area contributed by atoms with Crippen molar-refractivity contribution in [2.45, 2.75) is 0 Å². The molecule has 3 aromatic rings. The van der Waals surface area contributed by atoms with Gasteiger partial charge in [0.15, 0.2) is 0 Å². The third-order valence-corrected chi connectivity index (χ3v) is 3.61. The van der Waals surface area contributed by atoms with Gasteiger partial charge in [0, 0.05) is 16.1 Å². The van der Waals surface area contributed by atoms with Gasteiger partial charge in [-0.05, 0) is 54.6 Å². The van der Waals surface area contributed by atoms with Gasteiger partial charge in [0.25, 0.3) is 5.91 Å². The van der Waals surface area contributed by atoms with Crippen molar-refractivity contribution in [1.82, 2.24) is 5.43 Å². The number of carbonyl (C=O) groups excluding carboxylic acids is 1. The van der Waals surface area contributed by atoms with Crippen LogP contribution in [-0.2, 0) is 0 Å². The molecular weight excluding hydrogens is 338 g/mol. The number of carbonyl (C=O) groups is 1. The quantitative estimate of drug-likeness (QED) is 0.565. The van der Waals surface area contributed by atoms with Crippen molar-refractivity contribution < 1.29 is 9.21 Å². The normalized spacial score (nSPS) is 10.6. The van der Waals surface area contributed by atoms with Crippen LogP contribution >= 0.6 is 11.6 Å². The molecule has 0 fully saturated rings. The number of nitrogens with one attached hydrogen (secondary N) is 1. The number of hydrogen-bond acceptors (Lipinski definition) is 4. The molecule has 0 aliphatic heterocycles. The highest BCUT2D eigenvalue weighted by Gasteiger charge is 2.05. The summed E-state index contributed by atoms with van der Waals surface area (Å²) in [5, 5.41) is 13.2. The lowest BCUT2D eigenvalue weighted by Crippen LogP contribution is -2.17. The molecule has 1 amide bonds. The minimum atomic E-state index is -0.363. The second-order valence-corrected chi connectivity index (χ2v) is 5.54. The highest BCUT2D eigenvalue weighted by Crippen LogP contribution is 2.21. The molecule has 0 saturated carbocycles. The van der Waals surface area contributed by atoms with Gasteiger partial charge >= 0.3 is 0 Å². The predicted molar refractivity (Wildman–Crippen MR) is 95.4 cm³/mol. The number of benzene rings is 2. The second-order valence-electron chi connectivity index (χ2n) is 5.10. The predicted octanol–water partition coefficient (Wildman–Crippen LogP) is 4.24. The van der Waals surface area contributed by atoms with Crippen molar-refractivity contribution in [1.29, 1.82) is 5.26 Å². The lowest BCUT2D eigenvalue weighted by molar-refractivity contribution is 0.0955. The van der Waals surface area contributed by atoms with E-state index in [4.69, 9.17) is 21.3 Å². The van der Waals surface area contributed by atoms with Gasteiger partial charge in [-0.3, -0.25) is 4.79 Å². The molecule has 122 valence electrons. The summed E-state index contributed by atoms with van der Waals surface area (Å²) >= 11 is 5.85. The summed E-state index contributed by atoms with van der Waals surface area (Å²) in [6, 6.07) is 19.2. The first-order chi connectivity index (χ1) is 12.2. The van der Waals surface area contributed by atoms with E-state index in [0.29, 0.717) is 27.7 Å². The molecule has 1 aromatic heterocycles. The van der Waals surface area contributed by atoms with Crippen LogP contribution in [0.4, 0.5) is 0 Å². The second kappa shape index (κ2) is 7.47. The monoisotopic (exact) mass is 349 g/mol. The van der Waals surface area contributed by atoms with Gasteiger partial charge in [-0.1, -0.05) is 17.7 Å². The summed E-state index contributed by atoms with van der Waals surface area (Å²) in [7, 11) is 0. The summed E-state index contributed by atoms with van der Waals surface area (Å²) in [6.45, 7) is 0. The molecule has 1 heterocycles. The van der Waals surface area contributed by atoms with Crippen LogP contribution in [0.15, 0.2) is 70.2 Å². The Morgan fingerprint density at radius 2 is 1.96 bits per heavy atom. The van der Waals surface area contributed by atoms with E-state index in [2.05, 4.69) is 16.6 Å². The standard InChI is InChI=1S/C19H12ClN3O2/c20-16-3-1-2-15(10-16)19(24)23-22-12-17-8-9-18(25-17)14-6-4-13(11-21)5-7-14/h1-10,12H,(H,23,24). The molecule has 3 rings (SSSR count). The minimum Gasteiger partial charge on any atom is -0.455 e. The van der Waals surface area contributed by atoms with Gasteiger partial charge < -0.3 is 4.42 Å². The topological polar surface area (TPSA) is 78.4 Å². The molecule has 1 N–H and O–H groups in total. The number of nitriles is 1. The molecule has 2 aromatic carbocycles. The first-order valence-electron chi connectivity index (χ1n) is 7.35. The van der Waals surface area contributed by atoms with Crippen molar-refractivity contribution in [3.8, 4) is 17.4 Å². The van der Waals surface area contributed by atoms with Crippen LogP contribution in [-0.4, -0.2) is 12.1 Å². The minimum absolute atomic E-state index is 0.363. The van der Waals surface area contributed by atoms with E-state index in [-0.39, 0.29) is 5.91 Å². The maximum absolute atomic E-state index is 11.9. The van der Waals surface area contributed by atoms with E-state index in [1.54, 1.807) is 60.7 Å². The fourth-order valence-corrected chi connectivity index (χ4v) is 2.33. The summed E-state index contributed by atoms with van der Waals surface area (Å²) in [5.74, 6) is 0.774. The molecule has 6 heteroatoms. The van der Waals surface area contributed by atoms with Crippen LogP contribution in [0.25, 0.3) is 11.3 Å². The maximum Gasteiger partial charge on any atom is 0.271 e. The van der Waals surface area contributed by atoms with E-state index in [0.717, 1.165) is 5.56 Å². The van der Waals surface area contributed by atoms with Crippen LogP contribution in [0.3, 0.4) is 0 Å². The van der Waals surface area contributed by atoms with Crippen molar-refractivity contribution in [2.24, 2.45) is 5.10 Å². The molecule has 0 bridgehead atoms. The Balaban J connectivity index is 1.65. The Labute approximate surface area is 149 Å². The molecule has 0 atom stereocenters. The average Bonchev–Trinajstić information content (AvgIpc) is 3.10. The van der Waals surface area contributed by atoms with E-state index < -0.39 is 0 Å². The number of rotatable bonds is 4. The third-order valence-electron chi connectivity index (χ3n) is 3.37. The van der Waals surface area contributed by atoms with Crippen LogP contribution in [0.5, 0.6) is 0 Å². The summed E-state index contributed by atoms with van der Waals surface area (Å²) in [4.78, 5) is 11.9. The number of hydrogen-bond donors (Lipinski definition) is 1. The Bertz CT molecular complexity index is 969. The molecule has 0 spiro atoms.